The fourth-order valence-electron chi connectivity index (χ4n) is 3.89. The number of hydrogen-bond acceptors (Lipinski definition) is 4. The number of urea groups is 1. The molecule has 3 aromatic carbocycles. The van der Waals surface area contributed by atoms with E-state index >= 15 is 0 Å². The normalized spacial score (nSPS) is 13.7. The van der Waals surface area contributed by atoms with E-state index in [4.69, 9.17) is 9.47 Å². The summed E-state index contributed by atoms with van der Waals surface area (Å²) < 4.78 is 11.0. The molecule has 3 aromatic rings. The number of ether oxygens (including phenoxy) is 2. The van der Waals surface area contributed by atoms with Crippen LogP contribution in [0.4, 0.5) is 16.2 Å². The fourth-order valence-corrected chi connectivity index (χ4v) is 3.89. The van der Waals surface area contributed by atoms with Crippen LogP contribution in [0, 0.1) is 6.92 Å². The zero-order chi connectivity index (χ0) is 23.2. The minimum atomic E-state index is -0.360. The Balaban J connectivity index is 1.46. The standard InChI is InChI=1S/C27H28N2O4/c1-3-32-26(30)22-10-12-23(13-11-22)28-16-7-17-29(27(28)31)24-14-15-25(20(2)18-24)33-19-21-8-5-4-6-9-21/h4-6,8-15,18H,3,7,16-17,19H2,1-2H3. The molecule has 1 fully saturated rings. The highest BCUT2D eigenvalue weighted by molar-refractivity contribution is 6.04. The number of esters is 1. The van der Waals surface area contributed by atoms with Gasteiger partial charge in [0.25, 0.3) is 0 Å². The van der Waals surface area contributed by atoms with E-state index in [9.17, 15) is 9.59 Å². The first-order valence-corrected chi connectivity index (χ1v) is 11.2. The average molecular weight is 445 g/mol. The van der Waals surface area contributed by atoms with Gasteiger partial charge in [-0.15, -0.1) is 0 Å². The van der Waals surface area contributed by atoms with Gasteiger partial charge < -0.3 is 9.47 Å². The lowest BCUT2D eigenvalue weighted by molar-refractivity contribution is 0.0526. The number of hydrogen-bond donors (Lipinski definition) is 0. The maximum absolute atomic E-state index is 13.3. The van der Waals surface area contributed by atoms with Crippen molar-refractivity contribution in [3.63, 3.8) is 0 Å². The van der Waals surface area contributed by atoms with E-state index in [0.29, 0.717) is 31.9 Å². The van der Waals surface area contributed by atoms with Gasteiger partial charge in [0, 0.05) is 24.5 Å². The third kappa shape index (κ3) is 5.17. The fraction of sp³-hybridized carbons (Fsp3) is 0.259. The van der Waals surface area contributed by atoms with Crippen LogP contribution in [0.5, 0.6) is 5.75 Å². The number of carbonyl (C=O) groups is 2. The number of rotatable bonds is 7. The lowest BCUT2D eigenvalue weighted by Crippen LogP contribution is -2.49. The maximum atomic E-state index is 13.3. The molecule has 1 aliphatic heterocycles. The van der Waals surface area contributed by atoms with Gasteiger partial charge in [0.2, 0.25) is 0 Å². The van der Waals surface area contributed by atoms with Crippen LogP contribution in [0.25, 0.3) is 0 Å². The van der Waals surface area contributed by atoms with E-state index in [1.165, 1.54) is 0 Å². The second-order valence-corrected chi connectivity index (χ2v) is 7.93. The molecule has 170 valence electrons. The molecule has 4 rings (SSSR count). The van der Waals surface area contributed by atoms with Crippen LogP contribution < -0.4 is 14.5 Å². The molecule has 0 spiro atoms. The van der Waals surface area contributed by atoms with E-state index in [1.54, 1.807) is 41.0 Å². The molecule has 0 atom stereocenters. The van der Waals surface area contributed by atoms with E-state index < -0.39 is 0 Å². The van der Waals surface area contributed by atoms with Gasteiger partial charge in [-0.25, -0.2) is 9.59 Å². The zero-order valence-electron chi connectivity index (χ0n) is 19.0. The molecule has 0 unspecified atom stereocenters. The summed E-state index contributed by atoms with van der Waals surface area (Å²) in [7, 11) is 0. The van der Waals surface area contributed by atoms with E-state index in [1.807, 2.05) is 55.5 Å². The molecule has 0 bridgehead atoms. The van der Waals surface area contributed by atoms with Crippen molar-refractivity contribution in [3.8, 4) is 5.75 Å². The van der Waals surface area contributed by atoms with Crippen LogP contribution >= 0.6 is 0 Å². The molecule has 0 aromatic heterocycles. The first-order chi connectivity index (χ1) is 16.1. The molecule has 1 aliphatic rings. The number of carbonyl (C=O) groups excluding carboxylic acids is 2. The van der Waals surface area contributed by atoms with E-state index in [0.717, 1.165) is 34.7 Å². The Morgan fingerprint density at radius 2 is 1.58 bits per heavy atom. The highest BCUT2D eigenvalue weighted by atomic mass is 16.5. The zero-order valence-corrected chi connectivity index (χ0v) is 19.0. The maximum Gasteiger partial charge on any atom is 0.338 e. The lowest BCUT2D eigenvalue weighted by atomic mass is 10.1. The van der Waals surface area contributed by atoms with Gasteiger partial charge in [-0.2, -0.15) is 0 Å². The van der Waals surface area contributed by atoms with Gasteiger partial charge in [0.15, 0.2) is 0 Å². The largest absolute Gasteiger partial charge is 0.489 e. The summed E-state index contributed by atoms with van der Waals surface area (Å²) in [6.45, 7) is 5.88. The Morgan fingerprint density at radius 3 is 2.24 bits per heavy atom. The molecule has 2 amide bonds. The van der Waals surface area contributed by atoms with Crippen LogP contribution in [-0.2, 0) is 11.3 Å². The summed E-state index contributed by atoms with van der Waals surface area (Å²) in [5.74, 6) is 0.444. The quantitative estimate of drug-likeness (QED) is 0.446. The van der Waals surface area contributed by atoms with Crippen molar-refractivity contribution >= 4 is 23.4 Å². The third-order valence-corrected chi connectivity index (χ3v) is 5.62. The van der Waals surface area contributed by atoms with Crippen molar-refractivity contribution in [1.29, 1.82) is 0 Å². The molecular formula is C27H28N2O4. The van der Waals surface area contributed by atoms with Crippen molar-refractivity contribution in [1.82, 2.24) is 0 Å². The third-order valence-electron chi connectivity index (χ3n) is 5.62. The molecule has 1 saturated heterocycles. The Bertz CT molecular complexity index is 1110. The Kier molecular flexibility index (Phi) is 6.93. The monoisotopic (exact) mass is 444 g/mol. The molecule has 0 radical (unpaired) electrons. The summed E-state index contributed by atoms with van der Waals surface area (Å²) in [5, 5.41) is 0. The van der Waals surface area contributed by atoms with Crippen LogP contribution in [0.15, 0.2) is 72.8 Å². The smallest absolute Gasteiger partial charge is 0.338 e. The summed E-state index contributed by atoms with van der Waals surface area (Å²) in [6.07, 6.45) is 0.844. The van der Waals surface area contributed by atoms with E-state index in [-0.39, 0.29) is 12.0 Å². The second-order valence-electron chi connectivity index (χ2n) is 7.93. The van der Waals surface area contributed by atoms with Crippen LogP contribution in [0.2, 0.25) is 0 Å². The number of anilines is 2. The van der Waals surface area contributed by atoms with Gasteiger partial charge in [0.1, 0.15) is 12.4 Å². The lowest BCUT2D eigenvalue weighted by Gasteiger charge is -2.36. The number of aryl methyl sites for hydroxylation is 1. The van der Waals surface area contributed by atoms with E-state index in [2.05, 4.69) is 0 Å². The van der Waals surface area contributed by atoms with Crippen molar-refractivity contribution in [2.24, 2.45) is 0 Å². The highest BCUT2D eigenvalue weighted by Gasteiger charge is 2.28. The average Bonchev–Trinajstić information content (AvgIpc) is 2.84. The van der Waals surface area contributed by atoms with Gasteiger partial charge in [-0.05, 0) is 73.9 Å². The predicted octanol–water partition coefficient (Wildman–Crippen LogP) is 5.59. The first kappa shape index (κ1) is 22.4. The number of nitrogens with zero attached hydrogens (tertiary/aromatic N) is 2. The van der Waals surface area contributed by atoms with Gasteiger partial charge in [-0.1, -0.05) is 30.3 Å². The minimum Gasteiger partial charge on any atom is -0.489 e. The summed E-state index contributed by atoms with van der Waals surface area (Å²) in [6, 6.07) is 22.8. The topological polar surface area (TPSA) is 59.1 Å². The Morgan fingerprint density at radius 1 is 0.909 bits per heavy atom. The van der Waals surface area contributed by atoms with Gasteiger partial charge in [0.05, 0.1) is 12.2 Å². The number of benzene rings is 3. The Hall–Kier alpha value is -3.80. The van der Waals surface area contributed by atoms with Gasteiger partial charge >= 0.3 is 12.0 Å². The summed E-state index contributed by atoms with van der Waals surface area (Å²) in [5.41, 5.74) is 4.17. The van der Waals surface area contributed by atoms with Crippen molar-refractivity contribution in [3.05, 3.63) is 89.5 Å². The van der Waals surface area contributed by atoms with Crippen molar-refractivity contribution < 1.29 is 19.1 Å². The molecule has 1 heterocycles. The van der Waals surface area contributed by atoms with Crippen LogP contribution in [-0.4, -0.2) is 31.7 Å². The van der Waals surface area contributed by atoms with Crippen LogP contribution in [0.3, 0.4) is 0 Å². The molecule has 33 heavy (non-hydrogen) atoms. The van der Waals surface area contributed by atoms with Crippen molar-refractivity contribution in [2.75, 3.05) is 29.5 Å². The highest BCUT2D eigenvalue weighted by Crippen LogP contribution is 2.29. The predicted molar refractivity (Wildman–Crippen MR) is 129 cm³/mol. The molecule has 0 saturated carbocycles. The number of amides is 2. The Labute approximate surface area is 194 Å². The molecule has 6 heteroatoms. The molecule has 0 aliphatic carbocycles. The van der Waals surface area contributed by atoms with Gasteiger partial charge in [-0.3, -0.25) is 9.80 Å². The summed E-state index contributed by atoms with van der Waals surface area (Å²) in [4.78, 5) is 28.7. The first-order valence-electron chi connectivity index (χ1n) is 11.2. The summed E-state index contributed by atoms with van der Waals surface area (Å²) >= 11 is 0. The SMILES string of the molecule is CCOC(=O)c1ccc(N2CCCN(c3ccc(OCc4ccccc4)c(C)c3)C2=O)cc1. The molecule has 0 N–H and O–H groups in total. The van der Waals surface area contributed by atoms with Crippen LogP contribution in [0.1, 0.15) is 34.8 Å². The molecular weight excluding hydrogens is 416 g/mol. The minimum absolute atomic E-state index is 0.0810. The van der Waals surface area contributed by atoms with Crippen molar-refractivity contribution in [2.45, 2.75) is 26.9 Å². The molecule has 6 nitrogen and oxygen atoms in total. The second kappa shape index (κ2) is 10.2.